The lowest BCUT2D eigenvalue weighted by atomic mass is 10.0. The molecule has 8 rings (SSSR count). The predicted molar refractivity (Wildman–Crippen MR) is 238 cm³/mol. The van der Waals surface area contributed by atoms with Crippen LogP contribution in [0.25, 0.3) is 16.8 Å². The largest absolute Gasteiger partial charge is 0.382 e. The fourth-order valence-electron chi connectivity index (χ4n) is 9.02. The number of anilines is 2. The molecule has 2 fully saturated rings. The number of piperidine rings is 1. The third-order valence-electron chi connectivity index (χ3n) is 12.2. The van der Waals surface area contributed by atoms with E-state index in [0.717, 1.165) is 71.2 Å². The number of benzene rings is 2. The fourth-order valence-corrected chi connectivity index (χ4v) is 10.1. The second kappa shape index (κ2) is 19.9. The Labute approximate surface area is 361 Å². The molecule has 4 N–H and O–H groups in total. The summed E-state index contributed by atoms with van der Waals surface area (Å²) < 4.78 is 2.11. The number of nitrogens with one attached hydrogen (secondary N) is 2. The molecule has 0 spiro atoms. The minimum atomic E-state index is -0.581. The van der Waals surface area contributed by atoms with E-state index in [1.165, 1.54) is 57.8 Å². The Kier molecular flexibility index (Phi) is 13.7. The van der Waals surface area contributed by atoms with Crippen molar-refractivity contribution in [1.82, 2.24) is 34.5 Å². The van der Waals surface area contributed by atoms with Crippen LogP contribution in [-0.2, 0) is 16.1 Å². The molecule has 5 aromatic rings. The molecule has 6 heterocycles. The Morgan fingerprint density at radius 3 is 2.36 bits per heavy atom. The summed E-state index contributed by atoms with van der Waals surface area (Å²) in [5.74, 6) is 1.97. The number of thioether (sulfide) groups is 1. The number of imide groups is 1. The number of carbonyl (C=O) groups excluding carboxylic acids is 4. The molecule has 318 valence electrons. The van der Waals surface area contributed by atoms with Gasteiger partial charge < -0.3 is 16.0 Å². The van der Waals surface area contributed by atoms with Crippen molar-refractivity contribution < 1.29 is 19.2 Å². The number of nitrogens with zero attached hydrogens (tertiary/aromatic N) is 6. The molecule has 0 aliphatic carbocycles. The van der Waals surface area contributed by atoms with Gasteiger partial charge in [0.2, 0.25) is 11.8 Å². The van der Waals surface area contributed by atoms with Gasteiger partial charge in [0, 0.05) is 53.1 Å². The molecular formula is C47H55N9O4S. The van der Waals surface area contributed by atoms with Crippen molar-refractivity contribution in [2.45, 2.75) is 113 Å². The first-order valence-electron chi connectivity index (χ1n) is 21.9. The number of amides is 4. The molecule has 3 aliphatic rings. The number of hydrogen-bond acceptors (Lipinski definition) is 10. The molecule has 0 radical (unpaired) electrons. The third-order valence-corrected chi connectivity index (χ3v) is 13.4. The lowest BCUT2D eigenvalue weighted by molar-refractivity contribution is -0.136. The van der Waals surface area contributed by atoms with E-state index in [0.29, 0.717) is 35.7 Å². The van der Waals surface area contributed by atoms with E-state index in [1.54, 1.807) is 47.3 Å². The molecule has 2 atom stereocenters. The number of carbonyl (C=O) groups is 4. The predicted octanol–water partition coefficient (Wildman–Crippen LogP) is 8.22. The van der Waals surface area contributed by atoms with Gasteiger partial charge in [-0.25, -0.2) is 15.0 Å². The summed E-state index contributed by atoms with van der Waals surface area (Å²) in [4.78, 5) is 69.2. The molecule has 0 bridgehead atoms. The average Bonchev–Trinajstić information content (AvgIpc) is 3.99. The maximum atomic E-state index is 13.1. The monoisotopic (exact) mass is 841 g/mol. The maximum Gasteiger partial charge on any atom is 0.256 e. The zero-order valence-electron chi connectivity index (χ0n) is 34.7. The molecular weight excluding hydrogens is 787 g/mol. The number of likely N-dealkylation sites (tertiary alicyclic amines) is 1. The van der Waals surface area contributed by atoms with Crippen LogP contribution in [0, 0.1) is 0 Å². The van der Waals surface area contributed by atoms with Crippen molar-refractivity contribution in [1.29, 1.82) is 0 Å². The molecule has 0 saturated carbocycles. The number of pyridine rings is 1. The summed E-state index contributed by atoms with van der Waals surface area (Å²) in [6, 6.07) is 18.3. The lowest BCUT2D eigenvalue weighted by Crippen LogP contribution is -2.52. The molecule has 2 aromatic carbocycles. The number of imidazole rings is 1. The second-order valence-corrected chi connectivity index (χ2v) is 17.5. The summed E-state index contributed by atoms with van der Waals surface area (Å²) in [7, 11) is 0. The topological polar surface area (TPSA) is 168 Å². The Bertz CT molecular complexity index is 2350. The molecule has 2 saturated heterocycles. The Morgan fingerprint density at radius 1 is 0.836 bits per heavy atom. The van der Waals surface area contributed by atoms with Gasteiger partial charge in [-0.1, -0.05) is 75.6 Å². The van der Waals surface area contributed by atoms with E-state index >= 15 is 0 Å². The number of nitrogens with two attached hydrogens (primary N) is 1. The number of rotatable bonds is 19. The van der Waals surface area contributed by atoms with Crippen molar-refractivity contribution >= 4 is 52.5 Å². The van der Waals surface area contributed by atoms with E-state index in [1.807, 2.05) is 42.6 Å². The third kappa shape index (κ3) is 9.81. The molecule has 1 unspecified atom stereocenters. The van der Waals surface area contributed by atoms with Gasteiger partial charge in [-0.2, -0.15) is 0 Å². The van der Waals surface area contributed by atoms with E-state index in [9.17, 15) is 19.2 Å². The highest BCUT2D eigenvalue weighted by atomic mass is 32.2. The van der Waals surface area contributed by atoms with Gasteiger partial charge in [0.05, 0.1) is 6.04 Å². The lowest BCUT2D eigenvalue weighted by Gasteiger charge is -2.29. The van der Waals surface area contributed by atoms with Gasteiger partial charge in [0.25, 0.3) is 11.8 Å². The normalized spacial score (nSPS) is 17.9. The standard InChI is InChI=1S/C47H55N9O4S/c48-43-42-41(32-19-21-33(22-20-32)45(58)51-39-18-9-10-25-49-39)53-44(55(42)29-26-50-43)36-16-14-28-54(36)27-11-7-5-3-1-2-4-6-8-12-30-61-38-17-13-15-34-35(38)31-56(47(34)60)37-23-24-40(57)52-46(37)59/h9-10,13,15,17-22,25-26,29,36-37H,1-8,11-12,14,16,23-24,27-28,30-31H2,(H2,48,50)(H,49,51,58)(H,52,57,59)/t36-,37?/m0/s1. The van der Waals surface area contributed by atoms with Crippen molar-refractivity contribution in [3.63, 3.8) is 0 Å². The molecule has 4 amide bonds. The molecule has 61 heavy (non-hydrogen) atoms. The highest BCUT2D eigenvalue weighted by Crippen LogP contribution is 2.37. The summed E-state index contributed by atoms with van der Waals surface area (Å²) in [5, 5.41) is 5.22. The first kappa shape index (κ1) is 42.1. The zero-order valence-corrected chi connectivity index (χ0v) is 35.5. The van der Waals surface area contributed by atoms with Crippen LogP contribution >= 0.6 is 11.8 Å². The number of hydrogen-bond donors (Lipinski definition) is 3. The highest BCUT2D eigenvalue weighted by Gasteiger charge is 2.40. The number of nitrogen functional groups attached to an aromatic ring is 1. The summed E-state index contributed by atoms with van der Waals surface area (Å²) in [6.45, 7) is 2.54. The summed E-state index contributed by atoms with van der Waals surface area (Å²) in [6.07, 6.45) is 20.5. The number of aromatic nitrogens is 4. The number of unbranched alkanes of at least 4 members (excludes halogenated alkanes) is 9. The van der Waals surface area contributed by atoms with Gasteiger partial charge in [-0.3, -0.25) is 33.8 Å². The van der Waals surface area contributed by atoms with Crippen molar-refractivity contribution in [2.24, 2.45) is 0 Å². The number of fused-ring (bicyclic) bond motifs is 2. The van der Waals surface area contributed by atoms with E-state index < -0.39 is 6.04 Å². The van der Waals surface area contributed by atoms with Crippen LogP contribution in [0.15, 0.2) is 84.1 Å². The SMILES string of the molecule is Nc1nccn2c([C@@H]3CCCN3CCCCCCCCCCCCSc3cccc4c3CN(C3CCC(=O)NC3=O)C4=O)nc(-c3ccc(C(=O)Nc4ccccn4)cc3)c12. The minimum absolute atomic E-state index is 0.113. The zero-order chi connectivity index (χ0) is 42.1. The van der Waals surface area contributed by atoms with E-state index in [-0.39, 0.29) is 36.1 Å². The Balaban J connectivity index is 0.730. The van der Waals surface area contributed by atoms with Crippen molar-refractivity contribution in [3.8, 4) is 11.3 Å². The quantitative estimate of drug-likeness (QED) is 0.0419. The maximum absolute atomic E-state index is 13.1. The van der Waals surface area contributed by atoms with Crippen LogP contribution in [0.2, 0.25) is 0 Å². The van der Waals surface area contributed by atoms with Gasteiger partial charge >= 0.3 is 0 Å². The molecule has 14 heteroatoms. The van der Waals surface area contributed by atoms with Gasteiger partial charge in [-0.05, 0) is 92.9 Å². The highest BCUT2D eigenvalue weighted by molar-refractivity contribution is 7.99. The van der Waals surface area contributed by atoms with Gasteiger partial charge in [0.1, 0.15) is 34.7 Å². The minimum Gasteiger partial charge on any atom is -0.382 e. The Hall–Kier alpha value is -5.60. The van der Waals surface area contributed by atoms with E-state index in [4.69, 9.17) is 10.7 Å². The summed E-state index contributed by atoms with van der Waals surface area (Å²) >= 11 is 1.81. The smallest absolute Gasteiger partial charge is 0.256 e. The van der Waals surface area contributed by atoms with Gasteiger partial charge in [-0.15, -0.1) is 11.8 Å². The van der Waals surface area contributed by atoms with Crippen LogP contribution in [0.1, 0.15) is 128 Å². The van der Waals surface area contributed by atoms with E-state index in [2.05, 4.69) is 36.0 Å². The fraction of sp³-hybridized carbons (Fsp3) is 0.426. The average molecular weight is 842 g/mol. The Morgan fingerprint density at radius 2 is 1.61 bits per heavy atom. The molecule has 3 aromatic heterocycles. The molecule has 13 nitrogen and oxygen atoms in total. The van der Waals surface area contributed by atoms with Crippen LogP contribution in [0.5, 0.6) is 0 Å². The van der Waals surface area contributed by atoms with Crippen LogP contribution in [0.4, 0.5) is 11.6 Å². The first-order valence-corrected chi connectivity index (χ1v) is 22.9. The van der Waals surface area contributed by atoms with Crippen molar-refractivity contribution in [3.05, 3.63) is 102 Å². The van der Waals surface area contributed by atoms with Crippen LogP contribution in [-0.4, -0.2) is 77.7 Å². The summed E-state index contributed by atoms with van der Waals surface area (Å²) in [5.41, 5.74) is 11.2. The van der Waals surface area contributed by atoms with Crippen LogP contribution in [0.3, 0.4) is 0 Å². The first-order chi connectivity index (χ1) is 29.9. The van der Waals surface area contributed by atoms with Crippen molar-refractivity contribution in [2.75, 3.05) is 29.9 Å². The van der Waals surface area contributed by atoms with Crippen LogP contribution < -0.4 is 16.4 Å². The molecule has 3 aliphatic heterocycles. The second-order valence-electron chi connectivity index (χ2n) is 16.4. The van der Waals surface area contributed by atoms with Gasteiger partial charge in [0.15, 0.2) is 0 Å².